The van der Waals surface area contributed by atoms with Crippen LogP contribution in [0.15, 0.2) is 65.1 Å². The van der Waals surface area contributed by atoms with E-state index in [1.807, 2.05) is 36.4 Å². The van der Waals surface area contributed by atoms with Crippen molar-refractivity contribution in [1.29, 1.82) is 5.26 Å². The van der Waals surface area contributed by atoms with Gasteiger partial charge in [0.25, 0.3) is 5.91 Å². The number of carbonyl (C=O) groups excluding carboxylic acids is 2. The van der Waals surface area contributed by atoms with E-state index in [0.29, 0.717) is 5.69 Å². The van der Waals surface area contributed by atoms with Crippen LogP contribution in [0.4, 0.5) is 5.69 Å². The molecule has 26 heavy (non-hydrogen) atoms. The Kier molecular flexibility index (Phi) is 7.59. The highest BCUT2D eigenvalue weighted by Crippen LogP contribution is 2.14. The molecule has 0 N–H and O–H groups in total. The molecule has 1 amide bonds. The normalized spacial score (nSPS) is 10.3. The van der Waals surface area contributed by atoms with Gasteiger partial charge in [-0.1, -0.05) is 46.3 Å². The van der Waals surface area contributed by atoms with E-state index in [4.69, 9.17) is 10.00 Å². The van der Waals surface area contributed by atoms with E-state index >= 15 is 0 Å². The monoisotopic (exact) mass is 412 g/mol. The molecule has 0 bridgehead atoms. The van der Waals surface area contributed by atoms with Crippen LogP contribution in [0.3, 0.4) is 0 Å². The first-order chi connectivity index (χ1) is 12.6. The summed E-state index contributed by atoms with van der Waals surface area (Å²) in [6.45, 7) is -0.146. The molecular weight excluding hydrogens is 396 g/mol. The quantitative estimate of drug-likeness (QED) is 0.509. The van der Waals surface area contributed by atoms with Gasteiger partial charge in [0.05, 0.1) is 12.5 Å². The summed E-state index contributed by atoms with van der Waals surface area (Å²) < 4.78 is 5.93. The molecule has 0 saturated carbocycles. The minimum Gasteiger partial charge on any atom is -0.452 e. The lowest BCUT2D eigenvalue weighted by molar-refractivity contribution is -0.142. The van der Waals surface area contributed by atoms with Crippen molar-refractivity contribution in [2.24, 2.45) is 0 Å². The molecule has 2 aromatic carbocycles. The third-order valence-electron chi connectivity index (χ3n) is 3.41. The van der Waals surface area contributed by atoms with E-state index < -0.39 is 5.97 Å². The van der Waals surface area contributed by atoms with Crippen molar-refractivity contribution in [3.63, 3.8) is 0 Å². The molecule has 0 saturated heterocycles. The number of halogens is 1. The summed E-state index contributed by atoms with van der Waals surface area (Å²) in [5.41, 5.74) is 1.50. The number of carbonyl (C=O) groups is 2. The number of para-hydroxylation sites is 1. The summed E-state index contributed by atoms with van der Waals surface area (Å²) in [5.74, 6) is -0.984. The number of ether oxygens (including phenoxy) is 1. The summed E-state index contributed by atoms with van der Waals surface area (Å²) in [6, 6.07) is 18.4. The molecule has 6 heteroatoms. The number of esters is 1. The highest BCUT2D eigenvalue weighted by molar-refractivity contribution is 9.10. The van der Waals surface area contributed by atoms with Crippen LogP contribution in [0.1, 0.15) is 12.0 Å². The Morgan fingerprint density at radius 1 is 1.15 bits per heavy atom. The molecule has 132 valence electrons. The minimum absolute atomic E-state index is 0.192. The lowest BCUT2D eigenvalue weighted by Gasteiger charge is -2.21. The highest BCUT2D eigenvalue weighted by atomic mass is 79.9. The van der Waals surface area contributed by atoms with Gasteiger partial charge in [0.1, 0.15) is 0 Å². The van der Waals surface area contributed by atoms with Crippen LogP contribution in [0.25, 0.3) is 6.08 Å². The van der Waals surface area contributed by atoms with Crippen molar-refractivity contribution in [2.75, 3.05) is 18.1 Å². The predicted molar refractivity (Wildman–Crippen MR) is 103 cm³/mol. The molecule has 0 atom stereocenters. The highest BCUT2D eigenvalue weighted by Gasteiger charge is 2.16. The van der Waals surface area contributed by atoms with Gasteiger partial charge in [-0.3, -0.25) is 4.79 Å². The van der Waals surface area contributed by atoms with Crippen molar-refractivity contribution in [2.45, 2.75) is 6.42 Å². The molecule has 0 fully saturated rings. The Hall–Kier alpha value is -2.91. The Balaban J connectivity index is 1.94. The largest absolute Gasteiger partial charge is 0.452 e. The molecule has 5 nitrogen and oxygen atoms in total. The molecule has 2 aromatic rings. The molecule has 2 rings (SSSR count). The van der Waals surface area contributed by atoms with Gasteiger partial charge in [-0.25, -0.2) is 4.79 Å². The molecule has 0 aliphatic carbocycles. The van der Waals surface area contributed by atoms with Gasteiger partial charge in [0, 0.05) is 22.8 Å². The van der Waals surface area contributed by atoms with Crippen molar-refractivity contribution >= 4 is 39.6 Å². The molecular formula is C20H17BrN2O3. The van der Waals surface area contributed by atoms with Crippen molar-refractivity contribution < 1.29 is 14.3 Å². The number of anilines is 1. The number of nitriles is 1. The Morgan fingerprint density at radius 3 is 2.62 bits per heavy atom. The second-order valence-electron chi connectivity index (χ2n) is 5.29. The summed E-state index contributed by atoms with van der Waals surface area (Å²) >= 11 is 3.35. The number of nitrogens with zero attached hydrogens (tertiary/aromatic N) is 2. The summed E-state index contributed by atoms with van der Waals surface area (Å²) in [4.78, 5) is 25.7. The topological polar surface area (TPSA) is 70.4 Å². The minimum atomic E-state index is -0.605. The zero-order valence-electron chi connectivity index (χ0n) is 14.0. The van der Waals surface area contributed by atoms with Gasteiger partial charge in [-0.2, -0.15) is 5.26 Å². The van der Waals surface area contributed by atoms with E-state index in [1.165, 1.54) is 11.0 Å². The first-order valence-corrected chi connectivity index (χ1v) is 8.72. The average Bonchev–Trinajstić information content (AvgIpc) is 2.66. The molecule has 0 aliphatic heterocycles. The number of rotatable bonds is 7. The SMILES string of the molecule is N#CCCN(C(=O)COC(=O)C=Cc1cccc(Br)c1)c1ccccc1. The molecule has 0 aliphatic rings. The molecule has 0 unspecified atom stereocenters. The van der Waals surface area contributed by atoms with E-state index in [-0.39, 0.29) is 25.5 Å². The second kappa shape index (κ2) is 10.2. The number of hydrogen-bond donors (Lipinski definition) is 0. The number of amides is 1. The van der Waals surface area contributed by atoms with Crippen LogP contribution in [0.2, 0.25) is 0 Å². The molecule has 0 aromatic heterocycles. The Morgan fingerprint density at radius 2 is 1.92 bits per heavy atom. The third kappa shape index (κ3) is 6.19. The lowest BCUT2D eigenvalue weighted by atomic mass is 10.2. The first-order valence-electron chi connectivity index (χ1n) is 7.93. The lowest BCUT2D eigenvalue weighted by Crippen LogP contribution is -2.35. The maximum Gasteiger partial charge on any atom is 0.331 e. The number of hydrogen-bond acceptors (Lipinski definition) is 4. The maximum atomic E-state index is 12.4. The summed E-state index contributed by atoms with van der Waals surface area (Å²) in [5, 5.41) is 8.77. The molecule has 0 spiro atoms. The Labute approximate surface area is 160 Å². The average molecular weight is 413 g/mol. The van der Waals surface area contributed by atoms with Gasteiger partial charge in [0.2, 0.25) is 0 Å². The Bertz CT molecular complexity index is 828. The summed E-state index contributed by atoms with van der Waals surface area (Å²) in [6.07, 6.45) is 3.08. The van der Waals surface area contributed by atoms with E-state index in [2.05, 4.69) is 15.9 Å². The van der Waals surface area contributed by atoms with Crippen LogP contribution < -0.4 is 4.90 Å². The first kappa shape index (κ1) is 19.4. The van der Waals surface area contributed by atoms with Gasteiger partial charge >= 0.3 is 5.97 Å². The van der Waals surface area contributed by atoms with Crippen molar-refractivity contribution in [3.05, 3.63) is 70.7 Å². The van der Waals surface area contributed by atoms with Crippen LogP contribution in [0.5, 0.6) is 0 Å². The van der Waals surface area contributed by atoms with Crippen LogP contribution in [-0.4, -0.2) is 25.0 Å². The van der Waals surface area contributed by atoms with E-state index in [9.17, 15) is 9.59 Å². The van der Waals surface area contributed by atoms with Gasteiger partial charge in [-0.15, -0.1) is 0 Å². The molecule has 0 radical (unpaired) electrons. The standard InChI is InChI=1S/C20H17BrN2O3/c21-17-7-4-6-16(14-17)10-11-20(25)26-15-19(24)23(13-5-12-22)18-8-2-1-3-9-18/h1-4,6-11,14H,5,13,15H2. The van der Waals surface area contributed by atoms with E-state index in [0.717, 1.165) is 10.0 Å². The van der Waals surface area contributed by atoms with E-state index in [1.54, 1.807) is 30.3 Å². The number of benzene rings is 2. The maximum absolute atomic E-state index is 12.4. The fraction of sp³-hybridized carbons (Fsp3) is 0.150. The summed E-state index contributed by atoms with van der Waals surface area (Å²) in [7, 11) is 0. The van der Waals surface area contributed by atoms with Crippen LogP contribution in [0, 0.1) is 11.3 Å². The zero-order chi connectivity index (χ0) is 18.8. The van der Waals surface area contributed by atoms with Crippen LogP contribution >= 0.6 is 15.9 Å². The van der Waals surface area contributed by atoms with Crippen molar-refractivity contribution in [3.8, 4) is 6.07 Å². The third-order valence-corrected chi connectivity index (χ3v) is 3.91. The predicted octanol–water partition coefficient (Wildman–Crippen LogP) is 3.95. The smallest absolute Gasteiger partial charge is 0.331 e. The van der Waals surface area contributed by atoms with Gasteiger partial charge < -0.3 is 9.64 Å². The van der Waals surface area contributed by atoms with Gasteiger partial charge in [-0.05, 0) is 35.9 Å². The molecule has 0 heterocycles. The fourth-order valence-electron chi connectivity index (χ4n) is 2.20. The van der Waals surface area contributed by atoms with Crippen molar-refractivity contribution in [1.82, 2.24) is 0 Å². The fourth-order valence-corrected chi connectivity index (χ4v) is 2.62. The second-order valence-corrected chi connectivity index (χ2v) is 6.20. The van der Waals surface area contributed by atoms with Crippen LogP contribution in [-0.2, 0) is 14.3 Å². The van der Waals surface area contributed by atoms with Gasteiger partial charge in [0.15, 0.2) is 6.61 Å². The zero-order valence-corrected chi connectivity index (χ0v) is 15.6.